The minimum absolute atomic E-state index is 0.0338. The van der Waals surface area contributed by atoms with Crippen molar-refractivity contribution in [3.63, 3.8) is 0 Å². The Morgan fingerprint density at radius 3 is 2.12 bits per heavy atom. The first-order chi connectivity index (χ1) is 11.9. The zero-order chi connectivity index (χ0) is 18.4. The number of carbonyl (C=O) groups excluding carboxylic acids is 2. The first-order valence-electron chi connectivity index (χ1n) is 7.31. The summed E-state index contributed by atoms with van der Waals surface area (Å²) in [6, 6.07) is 6.90. The van der Waals surface area contributed by atoms with Crippen molar-refractivity contribution in [2.24, 2.45) is 0 Å². The molecular formula is C17H14F4N2O2. The Hall–Kier alpha value is -2.90. The minimum atomic E-state index is -1.72. The van der Waals surface area contributed by atoms with E-state index in [2.05, 4.69) is 10.6 Å². The molecule has 0 atom stereocenters. The van der Waals surface area contributed by atoms with Crippen LogP contribution in [-0.2, 0) is 11.2 Å². The largest absolute Gasteiger partial charge is 0.354 e. The highest BCUT2D eigenvalue weighted by atomic mass is 19.2. The first kappa shape index (κ1) is 18.4. The van der Waals surface area contributed by atoms with Gasteiger partial charge in [0.2, 0.25) is 5.91 Å². The zero-order valence-electron chi connectivity index (χ0n) is 12.9. The summed E-state index contributed by atoms with van der Waals surface area (Å²) in [4.78, 5) is 23.4. The number of benzene rings is 2. The number of hydrogen-bond donors (Lipinski definition) is 2. The topological polar surface area (TPSA) is 58.2 Å². The Kier molecular flexibility index (Phi) is 6.10. The summed E-state index contributed by atoms with van der Waals surface area (Å²) in [6.45, 7) is 0.0174. The van der Waals surface area contributed by atoms with Crippen molar-refractivity contribution in [1.29, 1.82) is 0 Å². The van der Waals surface area contributed by atoms with Crippen molar-refractivity contribution in [2.75, 3.05) is 13.1 Å². The second kappa shape index (κ2) is 8.27. The van der Waals surface area contributed by atoms with E-state index in [9.17, 15) is 27.2 Å². The molecule has 0 aliphatic heterocycles. The zero-order valence-corrected chi connectivity index (χ0v) is 12.9. The third-order valence-electron chi connectivity index (χ3n) is 3.29. The van der Waals surface area contributed by atoms with Crippen LogP contribution >= 0.6 is 0 Å². The fourth-order valence-electron chi connectivity index (χ4n) is 2.02. The molecule has 0 aliphatic rings. The average Bonchev–Trinajstić information content (AvgIpc) is 2.58. The summed E-state index contributed by atoms with van der Waals surface area (Å²) in [7, 11) is 0. The highest BCUT2D eigenvalue weighted by molar-refractivity contribution is 5.94. The lowest BCUT2D eigenvalue weighted by atomic mass is 10.1. The SMILES string of the molecule is O=C(Cc1ccc(F)cc1)NCCNC(=O)c1ccc(F)c(F)c1F. The van der Waals surface area contributed by atoms with Crippen LogP contribution in [0.2, 0.25) is 0 Å². The average molecular weight is 354 g/mol. The maximum atomic E-state index is 13.4. The predicted octanol–water partition coefficient (Wildman–Crippen LogP) is 2.33. The number of halogens is 4. The molecule has 4 nitrogen and oxygen atoms in total. The molecule has 0 aliphatic carbocycles. The molecule has 2 N–H and O–H groups in total. The quantitative estimate of drug-likeness (QED) is 0.475. The summed E-state index contributed by atoms with van der Waals surface area (Å²) < 4.78 is 52.1. The number of rotatable bonds is 6. The van der Waals surface area contributed by atoms with Crippen molar-refractivity contribution in [3.8, 4) is 0 Å². The molecule has 0 bridgehead atoms. The van der Waals surface area contributed by atoms with Crippen LogP contribution in [0.4, 0.5) is 17.6 Å². The van der Waals surface area contributed by atoms with Gasteiger partial charge in [-0.3, -0.25) is 9.59 Å². The van der Waals surface area contributed by atoms with Gasteiger partial charge in [0.1, 0.15) is 5.82 Å². The molecule has 2 aromatic carbocycles. The minimum Gasteiger partial charge on any atom is -0.354 e. The molecule has 2 rings (SSSR count). The van der Waals surface area contributed by atoms with E-state index in [0.29, 0.717) is 11.6 Å². The van der Waals surface area contributed by atoms with Gasteiger partial charge in [-0.25, -0.2) is 17.6 Å². The highest BCUT2D eigenvalue weighted by Crippen LogP contribution is 2.14. The van der Waals surface area contributed by atoms with Crippen LogP contribution in [-0.4, -0.2) is 24.9 Å². The van der Waals surface area contributed by atoms with Gasteiger partial charge in [-0.15, -0.1) is 0 Å². The maximum Gasteiger partial charge on any atom is 0.254 e. The molecule has 2 aromatic rings. The monoisotopic (exact) mass is 354 g/mol. The van der Waals surface area contributed by atoms with Gasteiger partial charge in [0, 0.05) is 13.1 Å². The van der Waals surface area contributed by atoms with E-state index >= 15 is 0 Å². The normalized spacial score (nSPS) is 10.4. The molecule has 0 fully saturated rings. The van der Waals surface area contributed by atoms with E-state index in [1.165, 1.54) is 24.3 Å². The lowest BCUT2D eigenvalue weighted by Crippen LogP contribution is -2.35. The molecule has 0 saturated carbocycles. The van der Waals surface area contributed by atoms with Gasteiger partial charge in [-0.1, -0.05) is 12.1 Å². The van der Waals surface area contributed by atoms with Crippen LogP contribution in [0.3, 0.4) is 0 Å². The lowest BCUT2D eigenvalue weighted by molar-refractivity contribution is -0.120. The Labute approximate surface area is 140 Å². The van der Waals surface area contributed by atoms with Crippen LogP contribution in [0.25, 0.3) is 0 Å². The number of carbonyl (C=O) groups is 2. The summed E-state index contributed by atoms with van der Waals surface area (Å²) in [5.41, 5.74) is -0.0108. The second-order valence-corrected chi connectivity index (χ2v) is 5.13. The van der Waals surface area contributed by atoms with Gasteiger partial charge >= 0.3 is 0 Å². The summed E-state index contributed by atoms with van der Waals surface area (Å²) in [5, 5.41) is 4.79. The highest BCUT2D eigenvalue weighted by Gasteiger charge is 2.18. The first-order valence-corrected chi connectivity index (χ1v) is 7.31. The molecule has 2 amide bonds. The van der Waals surface area contributed by atoms with Gasteiger partial charge in [-0.05, 0) is 29.8 Å². The number of nitrogens with one attached hydrogen (secondary N) is 2. The van der Waals surface area contributed by atoms with Crippen LogP contribution in [0.1, 0.15) is 15.9 Å². The Balaban J connectivity index is 1.77. The van der Waals surface area contributed by atoms with E-state index in [4.69, 9.17) is 0 Å². The predicted molar refractivity (Wildman–Crippen MR) is 81.8 cm³/mol. The van der Waals surface area contributed by atoms with Gasteiger partial charge in [0.05, 0.1) is 12.0 Å². The molecule has 0 unspecified atom stereocenters. The third kappa shape index (κ3) is 5.03. The maximum absolute atomic E-state index is 13.4. The second-order valence-electron chi connectivity index (χ2n) is 5.13. The summed E-state index contributed by atoms with van der Waals surface area (Å²) in [6.07, 6.45) is 0.0338. The van der Waals surface area contributed by atoms with Crippen LogP contribution in [0.5, 0.6) is 0 Å². The molecule has 132 valence electrons. The molecule has 0 aromatic heterocycles. The van der Waals surface area contributed by atoms with E-state index in [0.717, 1.165) is 6.07 Å². The van der Waals surface area contributed by atoms with E-state index in [-0.39, 0.29) is 25.4 Å². The fraction of sp³-hybridized carbons (Fsp3) is 0.176. The third-order valence-corrected chi connectivity index (χ3v) is 3.29. The fourth-order valence-corrected chi connectivity index (χ4v) is 2.02. The van der Waals surface area contributed by atoms with Gasteiger partial charge in [-0.2, -0.15) is 0 Å². The molecule has 0 heterocycles. The Morgan fingerprint density at radius 2 is 1.44 bits per heavy atom. The summed E-state index contributed by atoms with van der Waals surface area (Å²) >= 11 is 0. The van der Waals surface area contributed by atoms with Gasteiger partial charge in [0.15, 0.2) is 17.5 Å². The molecular weight excluding hydrogens is 340 g/mol. The van der Waals surface area contributed by atoms with Gasteiger partial charge in [0.25, 0.3) is 5.91 Å². The number of amides is 2. The lowest BCUT2D eigenvalue weighted by Gasteiger charge is -2.08. The molecule has 0 spiro atoms. The molecule has 0 radical (unpaired) electrons. The van der Waals surface area contributed by atoms with E-state index in [1.54, 1.807) is 0 Å². The van der Waals surface area contributed by atoms with E-state index in [1.807, 2.05) is 0 Å². The number of hydrogen-bond acceptors (Lipinski definition) is 2. The Bertz CT molecular complexity index is 779. The van der Waals surface area contributed by atoms with E-state index < -0.39 is 34.7 Å². The molecule has 8 heteroatoms. The smallest absolute Gasteiger partial charge is 0.254 e. The Morgan fingerprint density at radius 1 is 0.800 bits per heavy atom. The van der Waals surface area contributed by atoms with Crippen molar-refractivity contribution >= 4 is 11.8 Å². The molecule has 0 saturated heterocycles. The standard InChI is InChI=1S/C17H14F4N2O2/c18-11-3-1-10(2-4-11)9-14(24)22-7-8-23-17(25)12-5-6-13(19)16(21)15(12)20/h1-6H,7-9H2,(H,22,24)(H,23,25). The van der Waals surface area contributed by atoms with Gasteiger partial charge < -0.3 is 10.6 Å². The summed E-state index contributed by atoms with van der Waals surface area (Å²) in [5.74, 6) is -6.36. The van der Waals surface area contributed by atoms with Crippen molar-refractivity contribution < 1.29 is 27.2 Å². The van der Waals surface area contributed by atoms with Crippen molar-refractivity contribution in [3.05, 3.63) is 70.8 Å². The van der Waals surface area contributed by atoms with Crippen molar-refractivity contribution in [2.45, 2.75) is 6.42 Å². The van der Waals surface area contributed by atoms with Crippen LogP contribution in [0, 0.1) is 23.3 Å². The van der Waals surface area contributed by atoms with Crippen LogP contribution in [0.15, 0.2) is 36.4 Å². The van der Waals surface area contributed by atoms with Crippen LogP contribution < -0.4 is 10.6 Å². The van der Waals surface area contributed by atoms with Crippen molar-refractivity contribution in [1.82, 2.24) is 10.6 Å². The molecule has 25 heavy (non-hydrogen) atoms.